The fourth-order valence-electron chi connectivity index (χ4n) is 4.04. The summed E-state index contributed by atoms with van der Waals surface area (Å²) in [4.78, 5) is 26.3. The summed E-state index contributed by atoms with van der Waals surface area (Å²) in [5.74, 6) is 0.277. The van der Waals surface area contributed by atoms with E-state index in [0.717, 1.165) is 11.3 Å². The smallest absolute Gasteiger partial charge is 0.325 e. The molecule has 1 aliphatic heterocycles. The number of morpholine rings is 1. The number of aliphatic carboxylic acids is 1. The number of urea groups is 1. The molecule has 3 rings (SSSR count). The molecule has 1 aromatic heterocycles. The quantitative estimate of drug-likeness (QED) is 0.550. The van der Waals surface area contributed by atoms with Crippen LogP contribution in [0, 0.1) is 12.8 Å². The fraction of sp³-hybridized carbons (Fsp3) is 0.522. The summed E-state index contributed by atoms with van der Waals surface area (Å²) in [5.41, 5.74) is 2.38. The van der Waals surface area contributed by atoms with Crippen molar-refractivity contribution in [2.24, 2.45) is 5.92 Å². The third kappa shape index (κ3) is 5.79. The van der Waals surface area contributed by atoms with Crippen LogP contribution in [0.5, 0.6) is 0 Å². The first-order valence-corrected chi connectivity index (χ1v) is 11.0. The predicted octanol–water partition coefficient (Wildman–Crippen LogP) is 4.46. The number of hydrogen-bond donors (Lipinski definition) is 3. The van der Waals surface area contributed by atoms with E-state index in [1.54, 1.807) is 13.0 Å². The Bertz CT molecular complexity index is 942. The Morgan fingerprint density at radius 3 is 2.69 bits per heavy atom. The molecule has 9 heteroatoms. The SMILES string of the molecule is CC[C@@H](CC(=O)O)c1ccc(N2CCOC[C@@H]2C(C)C)c(NC(=O)Nc2cc(C)on2)c1. The average molecular weight is 445 g/mol. The van der Waals surface area contributed by atoms with E-state index >= 15 is 0 Å². The minimum Gasteiger partial charge on any atom is -0.481 e. The first-order chi connectivity index (χ1) is 15.3. The van der Waals surface area contributed by atoms with E-state index in [9.17, 15) is 14.7 Å². The van der Waals surface area contributed by atoms with Gasteiger partial charge in [0.1, 0.15) is 5.76 Å². The van der Waals surface area contributed by atoms with Crippen molar-refractivity contribution in [1.29, 1.82) is 0 Å². The molecule has 32 heavy (non-hydrogen) atoms. The lowest BCUT2D eigenvalue weighted by atomic mass is 9.92. The zero-order valence-electron chi connectivity index (χ0n) is 19.1. The molecule has 0 spiro atoms. The molecule has 2 atom stereocenters. The summed E-state index contributed by atoms with van der Waals surface area (Å²) < 4.78 is 10.7. The van der Waals surface area contributed by atoms with Crippen molar-refractivity contribution < 1.29 is 24.0 Å². The van der Waals surface area contributed by atoms with Gasteiger partial charge in [0.2, 0.25) is 0 Å². The average Bonchev–Trinajstić information content (AvgIpc) is 3.16. The Morgan fingerprint density at radius 2 is 2.06 bits per heavy atom. The first kappa shape index (κ1) is 23.6. The Labute approximate surface area is 188 Å². The first-order valence-electron chi connectivity index (χ1n) is 11.0. The van der Waals surface area contributed by atoms with Crippen LogP contribution in [0.2, 0.25) is 0 Å². The van der Waals surface area contributed by atoms with E-state index in [0.29, 0.717) is 49.4 Å². The standard InChI is InChI=1S/C23H32N4O5/c1-5-16(12-22(28)29)17-6-7-19(27-8-9-31-13-20(27)14(2)3)18(11-17)24-23(30)25-21-10-15(4)32-26-21/h6-7,10-11,14,16,20H,5,8-9,12-13H2,1-4H3,(H,28,29)(H2,24,25,26,30)/t16-,20+/m0/s1. The van der Waals surface area contributed by atoms with Gasteiger partial charge in [0.15, 0.2) is 5.82 Å². The number of hydrogen-bond acceptors (Lipinski definition) is 6. The Hall–Kier alpha value is -3.07. The molecule has 2 aromatic rings. The number of amides is 2. The molecular formula is C23H32N4O5. The molecule has 1 fully saturated rings. The van der Waals surface area contributed by atoms with Crippen molar-refractivity contribution in [3.8, 4) is 0 Å². The normalized spacial score (nSPS) is 17.3. The second-order valence-electron chi connectivity index (χ2n) is 8.46. The number of carbonyl (C=O) groups excluding carboxylic acids is 1. The minimum absolute atomic E-state index is 0.0336. The maximum absolute atomic E-state index is 12.7. The zero-order chi connectivity index (χ0) is 23.3. The van der Waals surface area contributed by atoms with Gasteiger partial charge in [-0.15, -0.1) is 0 Å². The molecule has 1 aromatic carbocycles. The van der Waals surface area contributed by atoms with Crippen molar-refractivity contribution in [2.75, 3.05) is 35.3 Å². The number of anilines is 3. The molecule has 0 bridgehead atoms. The molecular weight excluding hydrogens is 412 g/mol. The van der Waals surface area contributed by atoms with Crippen LogP contribution < -0.4 is 15.5 Å². The van der Waals surface area contributed by atoms with Gasteiger partial charge >= 0.3 is 12.0 Å². The number of nitrogens with zero attached hydrogens (tertiary/aromatic N) is 2. The van der Waals surface area contributed by atoms with E-state index in [2.05, 4.69) is 34.5 Å². The Morgan fingerprint density at radius 1 is 1.28 bits per heavy atom. The van der Waals surface area contributed by atoms with Crippen LogP contribution >= 0.6 is 0 Å². The summed E-state index contributed by atoms with van der Waals surface area (Å²) >= 11 is 0. The molecule has 0 saturated carbocycles. The van der Waals surface area contributed by atoms with Crippen LogP contribution in [0.1, 0.15) is 50.9 Å². The molecule has 174 valence electrons. The molecule has 1 aliphatic rings. The van der Waals surface area contributed by atoms with E-state index < -0.39 is 12.0 Å². The molecule has 1 saturated heterocycles. The highest BCUT2D eigenvalue weighted by molar-refractivity contribution is 6.01. The van der Waals surface area contributed by atoms with Gasteiger partial charge in [-0.25, -0.2) is 4.79 Å². The number of nitrogens with one attached hydrogen (secondary N) is 2. The predicted molar refractivity (Wildman–Crippen MR) is 122 cm³/mol. The van der Waals surface area contributed by atoms with E-state index in [-0.39, 0.29) is 18.4 Å². The lowest BCUT2D eigenvalue weighted by molar-refractivity contribution is -0.137. The van der Waals surface area contributed by atoms with Crippen molar-refractivity contribution in [3.05, 3.63) is 35.6 Å². The van der Waals surface area contributed by atoms with Gasteiger partial charge in [-0.1, -0.05) is 32.0 Å². The molecule has 2 amide bonds. The number of carboxylic acids is 1. The van der Waals surface area contributed by atoms with Crippen molar-refractivity contribution in [3.63, 3.8) is 0 Å². The van der Waals surface area contributed by atoms with E-state index in [1.807, 2.05) is 25.1 Å². The zero-order valence-corrected chi connectivity index (χ0v) is 19.1. The van der Waals surface area contributed by atoms with Crippen molar-refractivity contribution in [1.82, 2.24) is 5.16 Å². The molecule has 0 unspecified atom stereocenters. The van der Waals surface area contributed by atoms with Gasteiger partial charge < -0.3 is 24.6 Å². The number of carbonyl (C=O) groups is 2. The Balaban J connectivity index is 1.93. The van der Waals surface area contributed by atoms with Crippen molar-refractivity contribution in [2.45, 2.75) is 52.5 Å². The second-order valence-corrected chi connectivity index (χ2v) is 8.46. The number of ether oxygens (including phenoxy) is 1. The lowest BCUT2D eigenvalue weighted by Gasteiger charge is -2.40. The summed E-state index contributed by atoms with van der Waals surface area (Å²) in [6, 6.07) is 7.16. The summed E-state index contributed by atoms with van der Waals surface area (Å²) in [5, 5.41) is 18.7. The number of aromatic nitrogens is 1. The Kier molecular flexibility index (Phi) is 7.74. The van der Waals surface area contributed by atoms with Gasteiger partial charge in [0, 0.05) is 12.6 Å². The molecule has 3 N–H and O–H groups in total. The molecule has 0 radical (unpaired) electrons. The van der Waals surface area contributed by atoms with Crippen LogP contribution in [-0.4, -0.2) is 48.1 Å². The fourth-order valence-corrected chi connectivity index (χ4v) is 4.04. The largest absolute Gasteiger partial charge is 0.481 e. The lowest BCUT2D eigenvalue weighted by Crippen LogP contribution is -2.48. The van der Waals surface area contributed by atoms with E-state index in [4.69, 9.17) is 9.26 Å². The minimum atomic E-state index is -0.845. The van der Waals surface area contributed by atoms with Crippen LogP contribution in [0.15, 0.2) is 28.8 Å². The maximum atomic E-state index is 12.7. The highest BCUT2D eigenvalue weighted by atomic mass is 16.5. The van der Waals surface area contributed by atoms with Crippen LogP contribution in [-0.2, 0) is 9.53 Å². The number of carboxylic acid groups (broad SMARTS) is 1. The highest BCUT2D eigenvalue weighted by Crippen LogP contribution is 2.35. The second kappa shape index (κ2) is 10.5. The summed E-state index contributed by atoms with van der Waals surface area (Å²) in [7, 11) is 0. The molecule has 9 nitrogen and oxygen atoms in total. The summed E-state index contributed by atoms with van der Waals surface area (Å²) in [6.45, 7) is 9.92. The number of rotatable bonds is 8. The van der Waals surface area contributed by atoms with Crippen molar-refractivity contribution >= 4 is 29.2 Å². The summed E-state index contributed by atoms with van der Waals surface area (Å²) in [6.07, 6.45) is 0.716. The highest BCUT2D eigenvalue weighted by Gasteiger charge is 2.28. The topological polar surface area (TPSA) is 117 Å². The maximum Gasteiger partial charge on any atom is 0.325 e. The van der Waals surface area contributed by atoms with Crippen LogP contribution in [0.4, 0.5) is 22.0 Å². The number of benzene rings is 1. The number of aryl methyl sites for hydroxylation is 1. The van der Waals surface area contributed by atoms with E-state index in [1.165, 1.54) is 0 Å². The third-order valence-electron chi connectivity index (χ3n) is 5.77. The van der Waals surface area contributed by atoms with Gasteiger partial charge in [0.25, 0.3) is 0 Å². The monoisotopic (exact) mass is 444 g/mol. The molecule has 0 aliphatic carbocycles. The van der Waals surface area contributed by atoms with Gasteiger partial charge in [-0.05, 0) is 42.9 Å². The van der Waals surface area contributed by atoms with Crippen LogP contribution in [0.25, 0.3) is 0 Å². The van der Waals surface area contributed by atoms with Crippen LogP contribution in [0.3, 0.4) is 0 Å². The molecule has 2 heterocycles. The van der Waals surface area contributed by atoms with Gasteiger partial charge in [0.05, 0.1) is 37.1 Å². The van der Waals surface area contributed by atoms with Gasteiger partial charge in [-0.2, -0.15) is 0 Å². The van der Waals surface area contributed by atoms with Gasteiger partial charge in [-0.3, -0.25) is 10.1 Å². The third-order valence-corrected chi connectivity index (χ3v) is 5.77.